The van der Waals surface area contributed by atoms with Gasteiger partial charge in [-0.25, -0.2) is 0 Å². The van der Waals surface area contributed by atoms with Gasteiger partial charge in [0.2, 0.25) is 6.79 Å². The Labute approximate surface area is 156 Å². The molecule has 2 aromatic carbocycles. The third kappa shape index (κ3) is 2.92. The fraction of sp³-hybridized carbons (Fsp3) is 0.417. The highest BCUT2D eigenvalue weighted by Crippen LogP contribution is 2.46. The summed E-state index contributed by atoms with van der Waals surface area (Å²) in [6.07, 6.45) is 4.71. The Bertz CT molecular complexity index is 887. The lowest BCUT2D eigenvalue weighted by molar-refractivity contribution is 0.174. The van der Waals surface area contributed by atoms with Gasteiger partial charge in [0, 0.05) is 0 Å². The van der Waals surface area contributed by atoms with Crippen molar-refractivity contribution in [3.8, 4) is 11.5 Å². The number of fused-ring (bicyclic) bond motifs is 2. The molecule has 2 nitrogen and oxygen atoms in total. The zero-order valence-electron chi connectivity index (χ0n) is 16.5. The Morgan fingerprint density at radius 2 is 1.54 bits per heavy atom. The molecular formula is C24H28O2. The molecule has 26 heavy (non-hydrogen) atoms. The summed E-state index contributed by atoms with van der Waals surface area (Å²) >= 11 is 0. The van der Waals surface area contributed by atoms with E-state index in [1.165, 1.54) is 35.1 Å². The van der Waals surface area contributed by atoms with Crippen molar-refractivity contribution in [2.75, 3.05) is 6.79 Å². The Hall–Kier alpha value is -2.22. The van der Waals surface area contributed by atoms with E-state index < -0.39 is 0 Å². The van der Waals surface area contributed by atoms with Crippen LogP contribution in [0.25, 0.3) is 11.6 Å². The highest BCUT2D eigenvalue weighted by atomic mass is 16.7. The van der Waals surface area contributed by atoms with Crippen LogP contribution in [0.3, 0.4) is 0 Å². The molecule has 0 spiro atoms. The van der Waals surface area contributed by atoms with E-state index in [0.717, 1.165) is 17.1 Å². The SMILES string of the molecule is C/C(=C/c1ccc2c(c1)OCO2)c1ccc2c(c1)C(C)(C)CCC2(C)C. The van der Waals surface area contributed by atoms with Gasteiger partial charge in [0.05, 0.1) is 0 Å². The lowest BCUT2D eigenvalue weighted by Gasteiger charge is -2.42. The predicted molar refractivity (Wildman–Crippen MR) is 108 cm³/mol. The van der Waals surface area contributed by atoms with Crippen LogP contribution in [0.1, 0.15) is 69.7 Å². The van der Waals surface area contributed by atoms with Gasteiger partial charge in [-0.05, 0) is 70.6 Å². The van der Waals surface area contributed by atoms with Crippen molar-refractivity contribution < 1.29 is 9.47 Å². The second-order valence-corrected chi connectivity index (χ2v) is 8.97. The molecule has 0 amide bonds. The van der Waals surface area contributed by atoms with Gasteiger partial charge in [0.25, 0.3) is 0 Å². The van der Waals surface area contributed by atoms with Crippen LogP contribution in [-0.2, 0) is 10.8 Å². The van der Waals surface area contributed by atoms with Gasteiger partial charge in [0.1, 0.15) is 0 Å². The fourth-order valence-electron chi connectivity index (χ4n) is 4.17. The molecule has 0 fully saturated rings. The van der Waals surface area contributed by atoms with Gasteiger partial charge >= 0.3 is 0 Å². The van der Waals surface area contributed by atoms with E-state index in [-0.39, 0.29) is 10.8 Å². The number of hydrogen-bond donors (Lipinski definition) is 0. The zero-order chi connectivity index (χ0) is 18.5. The summed E-state index contributed by atoms with van der Waals surface area (Å²) in [4.78, 5) is 0. The summed E-state index contributed by atoms with van der Waals surface area (Å²) in [5, 5.41) is 0. The Morgan fingerprint density at radius 1 is 0.846 bits per heavy atom. The van der Waals surface area contributed by atoms with Crippen molar-refractivity contribution in [1.29, 1.82) is 0 Å². The van der Waals surface area contributed by atoms with Crippen molar-refractivity contribution in [2.24, 2.45) is 0 Å². The van der Waals surface area contributed by atoms with Crippen molar-refractivity contribution in [2.45, 2.75) is 58.3 Å². The molecule has 1 aliphatic carbocycles. The second kappa shape index (κ2) is 5.90. The lowest BCUT2D eigenvalue weighted by atomic mass is 9.63. The molecule has 0 saturated carbocycles. The molecule has 0 atom stereocenters. The minimum atomic E-state index is 0.236. The van der Waals surface area contributed by atoms with Crippen LogP contribution in [0.2, 0.25) is 0 Å². The van der Waals surface area contributed by atoms with E-state index in [2.05, 4.69) is 71.0 Å². The molecule has 4 rings (SSSR count). The molecule has 1 heterocycles. The summed E-state index contributed by atoms with van der Waals surface area (Å²) in [7, 11) is 0. The number of ether oxygens (including phenoxy) is 2. The third-order valence-electron chi connectivity index (χ3n) is 6.09. The number of hydrogen-bond acceptors (Lipinski definition) is 2. The molecule has 2 aromatic rings. The molecule has 2 heteroatoms. The fourth-order valence-corrected chi connectivity index (χ4v) is 4.17. The largest absolute Gasteiger partial charge is 0.454 e. The number of allylic oxidation sites excluding steroid dienone is 1. The van der Waals surface area contributed by atoms with E-state index in [4.69, 9.17) is 9.47 Å². The first-order chi connectivity index (χ1) is 12.3. The Morgan fingerprint density at radius 3 is 2.31 bits per heavy atom. The molecule has 0 radical (unpaired) electrons. The van der Waals surface area contributed by atoms with Crippen LogP contribution in [0.5, 0.6) is 11.5 Å². The minimum absolute atomic E-state index is 0.236. The summed E-state index contributed by atoms with van der Waals surface area (Å²) in [5.41, 5.74) is 7.22. The van der Waals surface area contributed by atoms with Gasteiger partial charge in [-0.1, -0.05) is 58.0 Å². The van der Waals surface area contributed by atoms with Gasteiger partial charge < -0.3 is 9.47 Å². The van der Waals surface area contributed by atoms with Crippen molar-refractivity contribution in [1.82, 2.24) is 0 Å². The van der Waals surface area contributed by atoms with E-state index in [1.807, 2.05) is 6.07 Å². The van der Waals surface area contributed by atoms with Crippen LogP contribution < -0.4 is 9.47 Å². The monoisotopic (exact) mass is 348 g/mol. The summed E-state index contributed by atoms with van der Waals surface area (Å²) < 4.78 is 10.9. The van der Waals surface area contributed by atoms with Crippen molar-refractivity contribution in [3.05, 3.63) is 58.7 Å². The first-order valence-corrected chi connectivity index (χ1v) is 9.50. The maximum absolute atomic E-state index is 5.50. The van der Waals surface area contributed by atoms with Gasteiger partial charge in [-0.15, -0.1) is 0 Å². The smallest absolute Gasteiger partial charge is 0.231 e. The number of benzene rings is 2. The molecular weight excluding hydrogens is 320 g/mol. The van der Waals surface area contributed by atoms with Crippen LogP contribution >= 0.6 is 0 Å². The molecule has 1 aliphatic heterocycles. The van der Waals surface area contributed by atoms with Crippen molar-refractivity contribution in [3.63, 3.8) is 0 Å². The average Bonchev–Trinajstić information content (AvgIpc) is 3.06. The highest BCUT2D eigenvalue weighted by molar-refractivity contribution is 5.81. The second-order valence-electron chi connectivity index (χ2n) is 8.97. The molecule has 0 unspecified atom stereocenters. The minimum Gasteiger partial charge on any atom is -0.454 e. The maximum atomic E-state index is 5.50. The van der Waals surface area contributed by atoms with E-state index in [1.54, 1.807) is 0 Å². The maximum Gasteiger partial charge on any atom is 0.231 e. The summed E-state index contributed by atoms with van der Waals surface area (Å²) in [6.45, 7) is 12.0. The van der Waals surface area contributed by atoms with E-state index in [9.17, 15) is 0 Å². The van der Waals surface area contributed by atoms with E-state index >= 15 is 0 Å². The van der Waals surface area contributed by atoms with Crippen molar-refractivity contribution >= 4 is 11.6 Å². The first-order valence-electron chi connectivity index (χ1n) is 9.50. The van der Waals surface area contributed by atoms with E-state index in [0.29, 0.717) is 6.79 Å². The van der Waals surface area contributed by atoms with Crippen LogP contribution in [0, 0.1) is 0 Å². The molecule has 0 N–H and O–H groups in total. The van der Waals surface area contributed by atoms with Gasteiger partial charge in [-0.3, -0.25) is 0 Å². The number of rotatable bonds is 2. The standard InChI is InChI=1S/C24H28O2/c1-16(12-17-6-9-21-22(13-17)26-15-25-21)18-7-8-19-20(14-18)24(4,5)11-10-23(19,2)3/h6-9,12-14H,10-11,15H2,1-5H3/b16-12-. The summed E-state index contributed by atoms with van der Waals surface area (Å²) in [6, 6.07) is 13.2. The van der Waals surface area contributed by atoms with Crippen LogP contribution in [0.4, 0.5) is 0 Å². The summed E-state index contributed by atoms with van der Waals surface area (Å²) in [5.74, 6) is 1.66. The topological polar surface area (TPSA) is 18.5 Å². The molecule has 2 aliphatic rings. The molecule has 0 saturated heterocycles. The van der Waals surface area contributed by atoms with Gasteiger partial charge in [0.15, 0.2) is 11.5 Å². The predicted octanol–water partition coefficient (Wildman–Crippen LogP) is 6.32. The Balaban J connectivity index is 1.72. The molecule has 136 valence electrons. The van der Waals surface area contributed by atoms with Gasteiger partial charge in [-0.2, -0.15) is 0 Å². The van der Waals surface area contributed by atoms with Crippen LogP contribution in [0.15, 0.2) is 36.4 Å². The Kier molecular flexibility index (Phi) is 3.91. The first kappa shape index (κ1) is 17.2. The molecule has 0 bridgehead atoms. The third-order valence-corrected chi connectivity index (χ3v) is 6.09. The average molecular weight is 348 g/mol. The quantitative estimate of drug-likeness (QED) is 0.591. The normalized spacial score (nSPS) is 20.0. The molecule has 0 aromatic heterocycles. The lowest BCUT2D eigenvalue weighted by Crippen LogP contribution is -2.33. The highest BCUT2D eigenvalue weighted by Gasteiger charge is 2.36. The van der Waals surface area contributed by atoms with Crippen LogP contribution in [-0.4, -0.2) is 6.79 Å². The zero-order valence-corrected chi connectivity index (χ0v) is 16.5.